The summed E-state index contributed by atoms with van der Waals surface area (Å²) < 4.78 is 6.32. The van der Waals surface area contributed by atoms with Crippen molar-refractivity contribution >= 4 is 51.1 Å². The van der Waals surface area contributed by atoms with Crippen molar-refractivity contribution in [3.8, 4) is 0 Å². The highest BCUT2D eigenvalue weighted by molar-refractivity contribution is 8.01. The Morgan fingerprint density at radius 2 is 2.18 bits per heavy atom. The van der Waals surface area contributed by atoms with E-state index >= 15 is 0 Å². The first kappa shape index (κ1) is 19.2. The van der Waals surface area contributed by atoms with Gasteiger partial charge in [0.2, 0.25) is 5.91 Å². The first-order valence-corrected chi connectivity index (χ1v) is 10.9. The van der Waals surface area contributed by atoms with Gasteiger partial charge in [0.05, 0.1) is 21.6 Å². The molecule has 2 aromatic rings. The lowest BCUT2D eigenvalue weighted by molar-refractivity contribution is -0.158. The molecule has 1 aromatic heterocycles. The lowest BCUT2D eigenvalue weighted by Crippen LogP contribution is -2.47. The summed E-state index contributed by atoms with van der Waals surface area (Å²) in [4.78, 5) is 44.3. The first-order chi connectivity index (χ1) is 13.4. The molecule has 2 fully saturated rings. The van der Waals surface area contributed by atoms with Gasteiger partial charge < -0.3 is 14.5 Å². The molecule has 0 N–H and O–H groups in total. The van der Waals surface area contributed by atoms with Crippen molar-refractivity contribution in [2.24, 2.45) is 0 Å². The van der Waals surface area contributed by atoms with E-state index in [9.17, 15) is 14.4 Å². The van der Waals surface area contributed by atoms with Crippen LogP contribution in [-0.4, -0.2) is 62.9 Å². The molecular weight excluding hydrogens is 398 g/mol. The summed E-state index contributed by atoms with van der Waals surface area (Å²) in [7, 11) is 1.66. The zero-order valence-electron chi connectivity index (χ0n) is 15.7. The number of carbonyl (C=O) groups excluding carboxylic acids is 3. The first-order valence-electron chi connectivity index (χ1n) is 9.08. The molecule has 2 saturated heterocycles. The van der Waals surface area contributed by atoms with Gasteiger partial charge in [-0.05, 0) is 25.5 Å². The molecule has 0 unspecified atom stereocenters. The number of esters is 1. The van der Waals surface area contributed by atoms with Gasteiger partial charge in [-0.25, -0.2) is 9.78 Å². The zero-order chi connectivity index (χ0) is 19.9. The number of nitrogens with zero attached hydrogens (tertiary/aromatic N) is 3. The number of hydrogen-bond acceptors (Lipinski definition) is 7. The monoisotopic (exact) mass is 419 g/mol. The summed E-state index contributed by atoms with van der Waals surface area (Å²) in [6.45, 7) is 2.00. The SMILES string of the molecule is CN(Cc1nc2ccccc2s1)C(=O)COC(=O)[C@H]1CS[C@@]2(C)CCC(=O)N12. The van der Waals surface area contributed by atoms with Crippen LogP contribution >= 0.6 is 23.1 Å². The third-order valence-corrected chi connectivity index (χ3v) is 7.72. The fraction of sp³-hybridized carbons (Fsp3) is 0.474. The second-order valence-corrected chi connectivity index (χ2v) is 9.82. The third kappa shape index (κ3) is 3.48. The second kappa shape index (κ2) is 7.36. The molecule has 2 amide bonds. The van der Waals surface area contributed by atoms with Crippen molar-refractivity contribution < 1.29 is 19.1 Å². The van der Waals surface area contributed by atoms with E-state index in [0.29, 0.717) is 18.7 Å². The van der Waals surface area contributed by atoms with Crippen molar-refractivity contribution in [2.75, 3.05) is 19.4 Å². The number of rotatable bonds is 5. The predicted molar refractivity (Wildman–Crippen MR) is 108 cm³/mol. The molecule has 1 aromatic carbocycles. The minimum absolute atomic E-state index is 0.0197. The Morgan fingerprint density at radius 1 is 1.39 bits per heavy atom. The van der Waals surface area contributed by atoms with Crippen molar-refractivity contribution in [3.63, 3.8) is 0 Å². The van der Waals surface area contributed by atoms with E-state index in [4.69, 9.17) is 4.74 Å². The van der Waals surface area contributed by atoms with Crippen molar-refractivity contribution in [1.82, 2.24) is 14.8 Å². The number of thioether (sulfide) groups is 1. The molecule has 0 bridgehead atoms. The summed E-state index contributed by atoms with van der Waals surface area (Å²) >= 11 is 3.14. The Kier molecular flexibility index (Phi) is 5.05. The van der Waals surface area contributed by atoms with E-state index in [2.05, 4.69) is 4.98 Å². The molecule has 7 nitrogen and oxygen atoms in total. The average Bonchev–Trinajstić information content (AvgIpc) is 3.32. The molecule has 0 saturated carbocycles. The van der Waals surface area contributed by atoms with Gasteiger partial charge in [0.25, 0.3) is 5.91 Å². The third-order valence-electron chi connectivity index (χ3n) is 5.19. The van der Waals surface area contributed by atoms with Crippen LogP contribution in [0.1, 0.15) is 24.8 Å². The molecule has 0 radical (unpaired) electrons. The van der Waals surface area contributed by atoms with Gasteiger partial charge in [-0.15, -0.1) is 23.1 Å². The molecule has 2 atom stereocenters. The molecule has 3 heterocycles. The summed E-state index contributed by atoms with van der Waals surface area (Å²) in [5.74, 6) is -0.313. The van der Waals surface area contributed by atoms with Crippen molar-refractivity contribution in [3.05, 3.63) is 29.3 Å². The van der Waals surface area contributed by atoms with Crippen LogP contribution in [0, 0.1) is 0 Å². The fourth-order valence-electron chi connectivity index (χ4n) is 3.61. The predicted octanol–water partition coefficient (Wildman–Crippen LogP) is 2.25. The highest BCUT2D eigenvalue weighted by Gasteiger charge is 2.53. The molecule has 28 heavy (non-hydrogen) atoms. The molecule has 2 aliphatic heterocycles. The van der Waals surface area contributed by atoms with Crippen LogP contribution in [0.2, 0.25) is 0 Å². The number of carbonyl (C=O) groups is 3. The topological polar surface area (TPSA) is 79.8 Å². The van der Waals surface area contributed by atoms with Gasteiger partial charge >= 0.3 is 5.97 Å². The van der Waals surface area contributed by atoms with E-state index in [1.54, 1.807) is 23.7 Å². The van der Waals surface area contributed by atoms with Gasteiger partial charge in [-0.3, -0.25) is 9.59 Å². The minimum Gasteiger partial charge on any atom is -0.454 e. The average molecular weight is 420 g/mol. The van der Waals surface area contributed by atoms with Crippen molar-refractivity contribution in [2.45, 2.75) is 37.2 Å². The van der Waals surface area contributed by atoms with Gasteiger partial charge in [-0.2, -0.15) is 0 Å². The van der Waals surface area contributed by atoms with Gasteiger partial charge in [0.1, 0.15) is 11.0 Å². The van der Waals surface area contributed by atoms with E-state index in [0.717, 1.165) is 21.6 Å². The molecule has 0 aliphatic carbocycles. The molecule has 0 spiro atoms. The van der Waals surface area contributed by atoms with E-state index in [-0.39, 0.29) is 23.3 Å². The molecule has 4 rings (SSSR count). The van der Waals surface area contributed by atoms with Crippen LogP contribution in [-0.2, 0) is 25.7 Å². The summed E-state index contributed by atoms with van der Waals surface area (Å²) in [6, 6.07) is 7.21. The standard InChI is InChI=1S/C19H21N3O4S2/c1-19-8-7-16(23)22(19)13(11-27-19)18(25)26-10-17(24)21(2)9-15-20-12-5-3-4-6-14(12)28-15/h3-6,13H,7-11H2,1-2H3/t13-,19+/m1/s1. The molecular formula is C19H21N3O4S2. The van der Waals surface area contributed by atoms with Crippen molar-refractivity contribution in [1.29, 1.82) is 0 Å². The maximum Gasteiger partial charge on any atom is 0.330 e. The number of fused-ring (bicyclic) bond motifs is 2. The second-order valence-electron chi connectivity index (χ2n) is 7.20. The number of amides is 2. The van der Waals surface area contributed by atoms with E-state index in [1.807, 2.05) is 31.2 Å². The summed E-state index contributed by atoms with van der Waals surface area (Å²) in [5.41, 5.74) is 0.909. The van der Waals surface area contributed by atoms with Gasteiger partial charge in [0, 0.05) is 19.2 Å². The number of thiazole rings is 1. The van der Waals surface area contributed by atoms with Crippen LogP contribution in [0.25, 0.3) is 10.2 Å². The number of aromatic nitrogens is 1. The summed E-state index contributed by atoms with van der Waals surface area (Å²) in [6.07, 6.45) is 1.20. The van der Waals surface area contributed by atoms with Gasteiger partial charge in [-0.1, -0.05) is 12.1 Å². The number of ether oxygens (including phenoxy) is 1. The molecule has 148 valence electrons. The van der Waals surface area contributed by atoms with E-state index in [1.165, 1.54) is 16.2 Å². The fourth-order valence-corrected chi connectivity index (χ4v) is 6.05. The van der Waals surface area contributed by atoms with Gasteiger partial charge in [0.15, 0.2) is 6.61 Å². The lowest BCUT2D eigenvalue weighted by Gasteiger charge is -2.29. The molecule has 2 aliphatic rings. The Morgan fingerprint density at radius 3 is 2.96 bits per heavy atom. The Hall–Kier alpha value is -2.13. The summed E-state index contributed by atoms with van der Waals surface area (Å²) in [5, 5.41) is 0.828. The smallest absolute Gasteiger partial charge is 0.330 e. The number of likely N-dealkylation sites (N-methyl/N-ethyl adjacent to an activating group) is 1. The lowest BCUT2D eigenvalue weighted by atomic mass is 10.2. The maximum absolute atomic E-state index is 12.5. The number of hydrogen-bond donors (Lipinski definition) is 0. The molecule has 9 heteroatoms. The minimum atomic E-state index is -0.604. The van der Waals surface area contributed by atoms with Crippen LogP contribution in [0.5, 0.6) is 0 Å². The normalized spacial score (nSPS) is 23.9. The Labute approximate surface area is 171 Å². The zero-order valence-corrected chi connectivity index (χ0v) is 17.3. The van der Waals surface area contributed by atoms with Crippen LogP contribution < -0.4 is 0 Å². The quantitative estimate of drug-likeness (QED) is 0.692. The van der Waals surface area contributed by atoms with Crippen LogP contribution in [0.4, 0.5) is 0 Å². The number of benzene rings is 1. The highest BCUT2D eigenvalue weighted by atomic mass is 32.2. The maximum atomic E-state index is 12.5. The Bertz CT molecular complexity index is 913. The van der Waals surface area contributed by atoms with E-state index < -0.39 is 12.0 Å². The van der Waals surface area contributed by atoms with Crippen LogP contribution in [0.3, 0.4) is 0 Å². The Balaban J connectivity index is 1.32. The highest BCUT2D eigenvalue weighted by Crippen LogP contribution is 2.47. The number of para-hydroxylation sites is 1. The largest absolute Gasteiger partial charge is 0.454 e. The van der Waals surface area contributed by atoms with Crippen LogP contribution in [0.15, 0.2) is 24.3 Å².